The number of carboxylic acids is 2. The Kier molecular flexibility index (Phi) is 24.3. The molecule has 1 fully saturated rings. The molecular formula is C31H50FN7O9S. The quantitative estimate of drug-likeness (QED) is 0.106. The lowest BCUT2D eigenvalue weighted by atomic mass is 9.89. The molecule has 0 spiro atoms. The van der Waals surface area contributed by atoms with Crippen molar-refractivity contribution in [2.24, 2.45) is 11.7 Å². The van der Waals surface area contributed by atoms with E-state index in [4.69, 9.17) is 15.9 Å². The summed E-state index contributed by atoms with van der Waals surface area (Å²) in [4.78, 5) is 85.6. The normalized spacial score (nSPS) is 12.9. The van der Waals surface area contributed by atoms with Gasteiger partial charge in [0.15, 0.2) is 0 Å². The number of aromatic nitrogens is 1. The first-order valence-corrected chi connectivity index (χ1v) is 16.7. The fourth-order valence-electron chi connectivity index (χ4n) is 4.37. The highest BCUT2D eigenvalue weighted by atomic mass is 32.2. The van der Waals surface area contributed by atoms with E-state index in [1.54, 1.807) is 0 Å². The molecule has 0 bridgehead atoms. The molecular weight excluding hydrogens is 665 g/mol. The zero-order valence-corrected chi connectivity index (χ0v) is 29.1. The number of rotatable bonds is 18. The van der Waals surface area contributed by atoms with E-state index in [2.05, 4.69) is 40.1 Å². The second kappa shape index (κ2) is 26.6. The summed E-state index contributed by atoms with van der Waals surface area (Å²) in [7, 11) is 1.38. The van der Waals surface area contributed by atoms with Crippen molar-refractivity contribution in [1.29, 1.82) is 0 Å². The van der Waals surface area contributed by atoms with Gasteiger partial charge in [0.05, 0.1) is 31.7 Å². The van der Waals surface area contributed by atoms with Crippen LogP contribution in [0, 0.1) is 5.92 Å². The molecule has 49 heavy (non-hydrogen) atoms. The van der Waals surface area contributed by atoms with E-state index in [-0.39, 0.29) is 54.1 Å². The monoisotopic (exact) mass is 715 g/mol. The van der Waals surface area contributed by atoms with Gasteiger partial charge in [0.1, 0.15) is 23.2 Å². The number of hydrogen-bond donors (Lipinski definition) is 7. The van der Waals surface area contributed by atoms with Crippen LogP contribution >= 0.6 is 12.1 Å². The second-order valence-electron chi connectivity index (χ2n) is 11.1. The van der Waals surface area contributed by atoms with Gasteiger partial charge in [-0.25, -0.2) is 4.98 Å². The van der Waals surface area contributed by atoms with Crippen molar-refractivity contribution < 1.29 is 47.7 Å². The Bertz CT molecular complexity index is 1190. The number of pyridine rings is 1. The molecule has 276 valence electrons. The van der Waals surface area contributed by atoms with Crippen molar-refractivity contribution in [3.8, 4) is 0 Å². The van der Waals surface area contributed by atoms with Gasteiger partial charge in [-0.15, -0.1) is 0 Å². The lowest BCUT2D eigenvalue weighted by Gasteiger charge is -2.21. The van der Waals surface area contributed by atoms with E-state index in [1.165, 1.54) is 51.1 Å². The highest BCUT2D eigenvalue weighted by molar-refractivity contribution is 7.94. The lowest BCUT2D eigenvalue weighted by molar-refractivity contribution is -0.142. The van der Waals surface area contributed by atoms with E-state index in [9.17, 15) is 37.4 Å². The number of aliphatic carboxylic acids is 2. The topological polar surface area (TPSA) is 250 Å². The number of hydrogen-bond acceptors (Lipinski definition) is 10. The van der Waals surface area contributed by atoms with Crippen LogP contribution in [0.25, 0.3) is 0 Å². The van der Waals surface area contributed by atoms with Crippen molar-refractivity contribution >= 4 is 53.6 Å². The van der Waals surface area contributed by atoms with E-state index in [0.29, 0.717) is 12.8 Å². The zero-order chi connectivity index (χ0) is 37.2. The SMILES string of the molecule is CCC.CNC(=O)CNC(=O)[C@H](CCCCNC(=O)c1ccc(SF)nc1)NC(=O)CN(CC(=O)O)CC(=O)O.NC(=O)C1CCCCC1. The third-order valence-electron chi connectivity index (χ3n) is 6.73. The smallest absolute Gasteiger partial charge is 0.317 e. The van der Waals surface area contributed by atoms with Crippen LogP contribution in [0.3, 0.4) is 0 Å². The van der Waals surface area contributed by atoms with Crippen LogP contribution < -0.4 is 27.0 Å². The van der Waals surface area contributed by atoms with Crippen molar-refractivity contribution in [2.75, 3.05) is 39.8 Å². The number of nitrogens with two attached hydrogens (primary N) is 1. The van der Waals surface area contributed by atoms with Gasteiger partial charge in [-0.2, -0.15) is 3.89 Å². The van der Waals surface area contributed by atoms with Gasteiger partial charge in [0.25, 0.3) is 5.91 Å². The van der Waals surface area contributed by atoms with Gasteiger partial charge in [-0.1, -0.05) is 39.5 Å². The highest BCUT2D eigenvalue weighted by Crippen LogP contribution is 2.22. The number of likely N-dealkylation sites (N-methyl/N-ethyl adjacent to an activating group) is 1. The molecule has 0 aliphatic heterocycles. The second-order valence-corrected chi connectivity index (χ2v) is 11.7. The maximum Gasteiger partial charge on any atom is 0.317 e. The number of carbonyl (C=O) groups excluding carboxylic acids is 5. The molecule has 1 aliphatic rings. The number of primary amides is 1. The molecule has 1 heterocycles. The average molecular weight is 716 g/mol. The summed E-state index contributed by atoms with van der Waals surface area (Å²) in [5.41, 5.74) is 5.37. The number of amides is 5. The van der Waals surface area contributed by atoms with Gasteiger partial charge >= 0.3 is 11.9 Å². The molecule has 1 aromatic heterocycles. The molecule has 1 aliphatic carbocycles. The number of unbranched alkanes of at least 4 members (excludes halogenated alkanes) is 1. The van der Waals surface area contributed by atoms with Crippen molar-refractivity contribution in [3.05, 3.63) is 23.9 Å². The molecule has 0 unspecified atom stereocenters. The van der Waals surface area contributed by atoms with Crippen LogP contribution in [0.4, 0.5) is 3.89 Å². The predicted molar refractivity (Wildman–Crippen MR) is 180 cm³/mol. The van der Waals surface area contributed by atoms with Gasteiger partial charge in [0.2, 0.25) is 23.6 Å². The highest BCUT2D eigenvalue weighted by Gasteiger charge is 2.24. The zero-order valence-electron chi connectivity index (χ0n) is 28.3. The Hall–Kier alpha value is -4.32. The molecule has 16 nitrogen and oxygen atoms in total. The molecule has 5 amide bonds. The first kappa shape index (κ1) is 44.7. The van der Waals surface area contributed by atoms with Gasteiger partial charge in [-0.3, -0.25) is 38.5 Å². The first-order valence-electron chi connectivity index (χ1n) is 16.0. The van der Waals surface area contributed by atoms with Crippen LogP contribution in [0.15, 0.2) is 23.4 Å². The maximum absolute atomic E-state index is 12.5. The molecule has 1 atom stereocenters. The molecule has 1 aromatic rings. The van der Waals surface area contributed by atoms with E-state index < -0.39 is 61.2 Å². The number of carboxylic acid groups (broad SMARTS) is 2. The van der Waals surface area contributed by atoms with Crippen LogP contribution in [0.1, 0.15) is 82.0 Å². The lowest BCUT2D eigenvalue weighted by Crippen LogP contribution is -2.51. The summed E-state index contributed by atoms with van der Waals surface area (Å²) in [6.07, 6.45) is 9.08. The van der Waals surface area contributed by atoms with Crippen molar-refractivity contribution in [2.45, 2.75) is 82.7 Å². The van der Waals surface area contributed by atoms with Gasteiger partial charge in [0, 0.05) is 25.7 Å². The van der Waals surface area contributed by atoms with E-state index in [1.807, 2.05) is 0 Å². The van der Waals surface area contributed by atoms with Crippen molar-refractivity contribution in [1.82, 2.24) is 31.2 Å². The Morgan fingerprint density at radius 1 is 0.959 bits per heavy atom. The van der Waals surface area contributed by atoms with Gasteiger partial charge < -0.3 is 37.2 Å². The van der Waals surface area contributed by atoms with E-state index in [0.717, 1.165) is 17.7 Å². The molecule has 0 saturated heterocycles. The third kappa shape index (κ3) is 22.0. The summed E-state index contributed by atoms with van der Waals surface area (Å²) in [6, 6.07) is 1.68. The minimum absolute atomic E-state index is 0.0455. The summed E-state index contributed by atoms with van der Waals surface area (Å²) in [6.45, 7) is 2.16. The Balaban J connectivity index is 0.00000161. The predicted octanol–water partition coefficient (Wildman–Crippen LogP) is 1.24. The molecule has 8 N–H and O–H groups in total. The Morgan fingerprint density at radius 2 is 1.57 bits per heavy atom. The van der Waals surface area contributed by atoms with Crippen LogP contribution in [0.2, 0.25) is 0 Å². The maximum atomic E-state index is 12.5. The standard InChI is InChI=1S/C21H29FN6O8S.C7H13NO.C3H8/c1-23-15(29)9-26-21(36)14(27-16(30)10-28(11-18(31)32)12-19(33)34)4-2-3-7-24-20(35)13-5-6-17(37-22)25-8-13;8-7(9)6-4-2-1-3-5-6;1-3-2/h5-6,8,14H,2-4,7,9-12H2,1H3,(H,23,29)(H,24,35)(H,26,36)(H,27,30)(H,31,32)(H,33,34);6H,1-5H2,(H2,8,9);3H2,1-2H3/t14-;;/m0../s1. The minimum atomic E-state index is -1.33. The third-order valence-corrected chi connectivity index (χ3v) is 7.13. The molecule has 0 radical (unpaired) electrons. The number of nitrogens with zero attached hydrogens (tertiary/aromatic N) is 2. The fraction of sp³-hybridized carbons (Fsp3) is 0.613. The van der Waals surface area contributed by atoms with Gasteiger partial charge in [-0.05, 0) is 44.2 Å². The largest absolute Gasteiger partial charge is 0.480 e. The molecule has 2 rings (SSSR count). The number of carbonyl (C=O) groups is 7. The summed E-state index contributed by atoms with van der Waals surface area (Å²) >= 11 is -0.0455. The number of halogens is 1. The van der Waals surface area contributed by atoms with Crippen LogP contribution in [0.5, 0.6) is 0 Å². The molecule has 1 saturated carbocycles. The summed E-state index contributed by atoms with van der Waals surface area (Å²) < 4.78 is 12.4. The Morgan fingerprint density at radius 3 is 2.04 bits per heavy atom. The summed E-state index contributed by atoms with van der Waals surface area (Å²) in [5, 5.41) is 27.7. The molecule has 0 aromatic carbocycles. The summed E-state index contributed by atoms with van der Waals surface area (Å²) in [5.74, 6) is -4.91. The van der Waals surface area contributed by atoms with Crippen LogP contribution in [-0.4, -0.2) is 107 Å². The average Bonchev–Trinajstić information content (AvgIpc) is 3.06. The van der Waals surface area contributed by atoms with Crippen molar-refractivity contribution in [3.63, 3.8) is 0 Å². The Labute approximate surface area is 290 Å². The fourth-order valence-corrected chi connectivity index (χ4v) is 4.58. The number of nitrogens with one attached hydrogen (secondary N) is 4. The minimum Gasteiger partial charge on any atom is -0.480 e. The molecule has 18 heteroatoms. The van der Waals surface area contributed by atoms with Crippen LogP contribution in [-0.2, 0) is 28.8 Å². The van der Waals surface area contributed by atoms with E-state index >= 15 is 0 Å². The first-order chi connectivity index (χ1) is 23.3.